The first-order valence-corrected chi connectivity index (χ1v) is 12.6. The van der Waals surface area contributed by atoms with Crippen LogP contribution in [0.25, 0.3) is 44.5 Å². The fourth-order valence-electron chi connectivity index (χ4n) is 5.36. The highest BCUT2D eigenvalue weighted by molar-refractivity contribution is 6.14. The fourth-order valence-corrected chi connectivity index (χ4v) is 5.36. The van der Waals surface area contributed by atoms with Gasteiger partial charge in [-0.3, -0.25) is 0 Å². The standard InChI is InChI=1S/C34H30/c1-2-3-4-7-24-10-12-25(13-11-24)14-15-26-20-29-16-18-32-31(33(29)21-26)19-17-30-22-27-8-5-6-9-28(27)23-34(30)32/h5-6,8-19,21-23H,2-4,7,20H2,1H3/b15-14+. The Morgan fingerprint density at radius 1 is 0.676 bits per heavy atom. The molecule has 0 bridgehead atoms. The van der Waals surface area contributed by atoms with Gasteiger partial charge in [-0.25, -0.2) is 0 Å². The van der Waals surface area contributed by atoms with Crippen LogP contribution in [-0.4, -0.2) is 0 Å². The Hall–Kier alpha value is -3.64. The fraction of sp³-hybridized carbons (Fsp3) is 0.176. The van der Waals surface area contributed by atoms with E-state index >= 15 is 0 Å². The summed E-state index contributed by atoms with van der Waals surface area (Å²) in [5.74, 6) is 0. The van der Waals surface area contributed by atoms with Crippen molar-refractivity contribution in [2.24, 2.45) is 0 Å². The molecule has 6 rings (SSSR count). The van der Waals surface area contributed by atoms with E-state index in [-0.39, 0.29) is 0 Å². The van der Waals surface area contributed by atoms with Gasteiger partial charge in [0.15, 0.2) is 0 Å². The third-order valence-corrected chi connectivity index (χ3v) is 7.28. The van der Waals surface area contributed by atoms with E-state index in [4.69, 9.17) is 0 Å². The predicted molar refractivity (Wildman–Crippen MR) is 149 cm³/mol. The van der Waals surface area contributed by atoms with E-state index in [0.29, 0.717) is 0 Å². The number of hydrogen-bond donors (Lipinski definition) is 0. The molecule has 1 aliphatic rings. The summed E-state index contributed by atoms with van der Waals surface area (Å²) >= 11 is 0. The van der Waals surface area contributed by atoms with E-state index in [0.717, 1.165) is 6.42 Å². The molecule has 0 radical (unpaired) electrons. The average Bonchev–Trinajstić information content (AvgIpc) is 3.30. The largest absolute Gasteiger partial charge is 0.0654 e. The molecular formula is C34H30. The van der Waals surface area contributed by atoms with Crippen LogP contribution in [0.15, 0.2) is 96.6 Å². The van der Waals surface area contributed by atoms with Gasteiger partial charge < -0.3 is 0 Å². The van der Waals surface area contributed by atoms with Gasteiger partial charge in [-0.2, -0.15) is 0 Å². The Bertz CT molecular complexity index is 1560. The van der Waals surface area contributed by atoms with Crippen LogP contribution in [0.2, 0.25) is 0 Å². The molecule has 0 saturated heterocycles. The normalized spacial score (nSPS) is 13.3. The van der Waals surface area contributed by atoms with Crippen molar-refractivity contribution in [3.05, 3.63) is 119 Å². The molecule has 0 atom stereocenters. The zero-order valence-corrected chi connectivity index (χ0v) is 19.9. The number of rotatable bonds is 6. The lowest BCUT2D eigenvalue weighted by Gasteiger charge is -2.09. The van der Waals surface area contributed by atoms with Crippen LogP contribution < -0.4 is 0 Å². The molecule has 0 amide bonds. The smallest absolute Gasteiger partial charge is 0.00194 e. The van der Waals surface area contributed by atoms with Gasteiger partial charge in [0.05, 0.1) is 0 Å². The molecule has 0 aromatic heterocycles. The summed E-state index contributed by atoms with van der Waals surface area (Å²) in [6.45, 7) is 2.26. The molecule has 0 unspecified atom stereocenters. The predicted octanol–water partition coefficient (Wildman–Crippen LogP) is 9.53. The molecule has 166 valence electrons. The molecule has 34 heavy (non-hydrogen) atoms. The van der Waals surface area contributed by atoms with Crippen LogP contribution in [0.3, 0.4) is 0 Å². The maximum atomic E-state index is 2.39. The van der Waals surface area contributed by atoms with E-state index < -0.39 is 0 Å². The minimum absolute atomic E-state index is 1.01. The number of fused-ring (bicyclic) bond motifs is 6. The Morgan fingerprint density at radius 3 is 2.29 bits per heavy atom. The van der Waals surface area contributed by atoms with Crippen LogP contribution in [-0.2, 0) is 12.8 Å². The lowest BCUT2D eigenvalue weighted by Crippen LogP contribution is -1.87. The Balaban J connectivity index is 1.30. The number of unbranched alkanes of at least 4 members (excludes halogenated alkanes) is 2. The van der Waals surface area contributed by atoms with Crippen molar-refractivity contribution in [2.75, 3.05) is 0 Å². The molecule has 0 saturated carbocycles. The summed E-state index contributed by atoms with van der Waals surface area (Å²) in [7, 11) is 0. The monoisotopic (exact) mass is 438 g/mol. The van der Waals surface area contributed by atoms with Crippen molar-refractivity contribution in [2.45, 2.75) is 39.0 Å². The maximum Gasteiger partial charge on any atom is -0.00194 e. The van der Waals surface area contributed by atoms with Crippen molar-refractivity contribution in [3.8, 4) is 0 Å². The minimum Gasteiger partial charge on any atom is -0.0654 e. The summed E-state index contributed by atoms with van der Waals surface area (Å²) in [6.07, 6.45) is 13.0. The molecule has 1 aliphatic carbocycles. The van der Waals surface area contributed by atoms with Crippen molar-refractivity contribution in [3.63, 3.8) is 0 Å². The van der Waals surface area contributed by atoms with E-state index in [9.17, 15) is 0 Å². The molecular weight excluding hydrogens is 408 g/mol. The first-order valence-electron chi connectivity index (χ1n) is 12.6. The van der Waals surface area contributed by atoms with E-state index in [1.165, 1.54) is 85.8 Å². The van der Waals surface area contributed by atoms with E-state index in [1.807, 2.05) is 0 Å². The second kappa shape index (κ2) is 8.95. The van der Waals surface area contributed by atoms with Crippen LogP contribution in [0.1, 0.15) is 48.4 Å². The Kier molecular flexibility index (Phi) is 5.51. The molecule has 0 N–H and O–H groups in total. The minimum atomic E-state index is 1.01. The molecule has 0 heterocycles. The van der Waals surface area contributed by atoms with Gasteiger partial charge in [0.1, 0.15) is 0 Å². The summed E-state index contributed by atoms with van der Waals surface area (Å²) in [4.78, 5) is 0. The number of benzene rings is 5. The summed E-state index contributed by atoms with van der Waals surface area (Å²) < 4.78 is 0. The number of allylic oxidation sites excluding steroid dienone is 2. The first kappa shape index (κ1) is 20.9. The highest BCUT2D eigenvalue weighted by Gasteiger charge is 2.15. The van der Waals surface area contributed by atoms with E-state index in [1.54, 1.807) is 0 Å². The molecule has 5 aromatic carbocycles. The highest BCUT2D eigenvalue weighted by Crippen LogP contribution is 2.37. The summed E-state index contributed by atoms with van der Waals surface area (Å²) in [5.41, 5.74) is 6.92. The zero-order valence-electron chi connectivity index (χ0n) is 19.9. The SMILES string of the molecule is CCCCCc1ccc(/C=C/C2=Cc3c(ccc4c3ccc3cc5ccccc5cc34)C2)cc1. The maximum absolute atomic E-state index is 2.39. The summed E-state index contributed by atoms with van der Waals surface area (Å²) in [5, 5.41) is 7.97. The molecule has 0 heteroatoms. The van der Waals surface area contributed by atoms with Crippen molar-refractivity contribution in [1.82, 2.24) is 0 Å². The highest BCUT2D eigenvalue weighted by atomic mass is 14.2. The quantitative estimate of drug-likeness (QED) is 0.141. The van der Waals surface area contributed by atoms with Crippen LogP contribution >= 0.6 is 0 Å². The number of hydrogen-bond acceptors (Lipinski definition) is 0. The number of aryl methyl sites for hydroxylation is 1. The van der Waals surface area contributed by atoms with Crippen LogP contribution in [0.5, 0.6) is 0 Å². The summed E-state index contributed by atoms with van der Waals surface area (Å²) in [6, 6.07) is 31.6. The van der Waals surface area contributed by atoms with Gasteiger partial charge >= 0.3 is 0 Å². The molecule has 0 fully saturated rings. The van der Waals surface area contributed by atoms with Gasteiger partial charge in [0.2, 0.25) is 0 Å². The molecule has 5 aromatic rings. The Labute approximate surface area is 202 Å². The van der Waals surface area contributed by atoms with Crippen molar-refractivity contribution >= 4 is 44.5 Å². The Morgan fingerprint density at radius 2 is 1.47 bits per heavy atom. The molecule has 0 spiro atoms. The van der Waals surface area contributed by atoms with Crippen molar-refractivity contribution < 1.29 is 0 Å². The lowest BCUT2D eigenvalue weighted by atomic mass is 9.94. The third kappa shape index (κ3) is 3.94. The van der Waals surface area contributed by atoms with Gasteiger partial charge in [0.25, 0.3) is 0 Å². The van der Waals surface area contributed by atoms with Crippen LogP contribution in [0, 0.1) is 0 Å². The lowest BCUT2D eigenvalue weighted by molar-refractivity contribution is 0.717. The van der Waals surface area contributed by atoms with Crippen molar-refractivity contribution in [1.29, 1.82) is 0 Å². The molecule has 0 aliphatic heterocycles. The van der Waals surface area contributed by atoms with Gasteiger partial charge in [0, 0.05) is 0 Å². The van der Waals surface area contributed by atoms with Gasteiger partial charge in [-0.15, -0.1) is 0 Å². The van der Waals surface area contributed by atoms with Gasteiger partial charge in [-0.05, 0) is 91.5 Å². The van der Waals surface area contributed by atoms with Crippen LogP contribution in [0.4, 0.5) is 0 Å². The van der Waals surface area contributed by atoms with E-state index in [2.05, 4.69) is 110 Å². The topological polar surface area (TPSA) is 0 Å². The zero-order chi connectivity index (χ0) is 22.9. The first-order chi connectivity index (χ1) is 16.8. The average molecular weight is 439 g/mol. The molecule has 0 nitrogen and oxygen atoms in total. The van der Waals surface area contributed by atoms with Gasteiger partial charge in [-0.1, -0.05) is 111 Å². The second-order valence-electron chi connectivity index (χ2n) is 9.65. The third-order valence-electron chi connectivity index (χ3n) is 7.28. The second-order valence-corrected chi connectivity index (χ2v) is 9.65.